The molecular weight excluding hydrogens is 220 g/mol. The SMILES string of the molecule is CC1CCC(C(C)C(O)c2ccccc2)CC1C. The molecule has 1 aliphatic rings. The van der Waals surface area contributed by atoms with Crippen LogP contribution in [0.2, 0.25) is 0 Å². The van der Waals surface area contributed by atoms with Gasteiger partial charge < -0.3 is 5.11 Å². The van der Waals surface area contributed by atoms with Crippen molar-refractivity contribution in [1.29, 1.82) is 0 Å². The van der Waals surface area contributed by atoms with Gasteiger partial charge in [0.1, 0.15) is 0 Å². The lowest BCUT2D eigenvalue weighted by Crippen LogP contribution is -2.28. The Hall–Kier alpha value is -0.820. The Balaban J connectivity index is 2.01. The molecule has 1 saturated carbocycles. The van der Waals surface area contributed by atoms with E-state index in [1.54, 1.807) is 0 Å². The van der Waals surface area contributed by atoms with Crippen molar-refractivity contribution >= 4 is 0 Å². The molecule has 2 rings (SSSR count). The van der Waals surface area contributed by atoms with Gasteiger partial charge in [-0.05, 0) is 42.1 Å². The van der Waals surface area contributed by atoms with Crippen molar-refractivity contribution in [3.63, 3.8) is 0 Å². The van der Waals surface area contributed by atoms with Gasteiger partial charge >= 0.3 is 0 Å². The van der Waals surface area contributed by atoms with Crippen molar-refractivity contribution in [1.82, 2.24) is 0 Å². The lowest BCUT2D eigenvalue weighted by Gasteiger charge is -2.37. The molecule has 0 saturated heterocycles. The summed E-state index contributed by atoms with van der Waals surface area (Å²) < 4.78 is 0. The fourth-order valence-electron chi connectivity index (χ4n) is 3.28. The largest absolute Gasteiger partial charge is 0.388 e. The van der Waals surface area contributed by atoms with Gasteiger partial charge in [0, 0.05) is 0 Å². The van der Waals surface area contributed by atoms with Crippen LogP contribution in [0.5, 0.6) is 0 Å². The van der Waals surface area contributed by atoms with Crippen molar-refractivity contribution in [2.75, 3.05) is 0 Å². The predicted octanol–water partition coefficient (Wildman–Crippen LogP) is 4.43. The summed E-state index contributed by atoms with van der Waals surface area (Å²) >= 11 is 0. The molecule has 0 bridgehead atoms. The van der Waals surface area contributed by atoms with E-state index in [1.807, 2.05) is 30.3 Å². The van der Waals surface area contributed by atoms with Crippen molar-refractivity contribution in [2.24, 2.45) is 23.7 Å². The van der Waals surface area contributed by atoms with E-state index in [9.17, 15) is 5.11 Å². The van der Waals surface area contributed by atoms with Crippen LogP contribution in [0, 0.1) is 23.7 Å². The molecule has 0 heterocycles. The fraction of sp³-hybridized carbons (Fsp3) is 0.647. The standard InChI is InChI=1S/C17H26O/c1-12-9-10-16(11-13(12)2)14(3)17(18)15-7-5-4-6-8-15/h4-8,12-14,16-18H,9-11H2,1-3H3. The third-order valence-electron chi connectivity index (χ3n) is 5.02. The monoisotopic (exact) mass is 246 g/mol. The first-order valence-corrected chi connectivity index (χ1v) is 7.32. The molecule has 1 heteroatoms. The Morgan fingerprint density at radius 3 is 2.33 bits per heavy atom. The van der Waals surface area contributed by atoms with E-state index in [2.05, 4.69) is 20.8 Å². The maximum Gasteiger partial charge on any atom is 0.0818 e. The Morgan fingerprint density at radius 1 is 1.06 bits per heavy atom. The van der Waals surface area contributed by atoms with Crippen molar-refractivity contribution < 1.29 is 5.11 Å². The van der Waals surface area contributed by atoms with E-state index in [1.165, 1.54) is 19.3 Å². The van der Waals surface area contributed by atoms with Crippen LogP contribution in [0.4, 0.5) is 0 Å². The number of hydrogen-bond acceptors (Lipinski definition) is 1. The van der Waals surface area contributed by atoms with Crippen molar-refractivity contribution in [3.05, 3.63) is 35.9 Å². The van der Waals surface area contributed by atoms with Gasteiger partial charge in [0.15, 0.2) is 0 Å². The molecule has 0 radical (unpaired) electrons. The minimum Gasteiger partial charge on any atom is -0.388 e. The molecule has 0 spiro atoms. The minimum atomic E-state index is -0.309. The highest BCUT2D eigenvalue weighted by Gasteiger charge is 2.31. The summed E-state index contributed by atoms with van der Waals surface area (Å²) in [4.78, 5) is 0. The molecule has 100 valence electrons. The summed E-state index contributed by atoms with van der Waals surface area (Å²) in [6.07, 6.45) is 3.55. The highest BCUT2D eigenvalue weighted by Crippen LogP contribution is 2.41. The summed E-state index contributed by atoms with van der Waals surface area (Å²) in [5.74, 6) is 2.69. The fourth-order valence-corrected chi connectivity index (χ4v) is 3.28. The molecule has 1 fully saturated rings. The van der Waals surface area contributed by atoms with Gasteiger partial charge in [-0.2, -0.15) is 0 Å². The van der Waals surface area contributed by atoms with E-state index in [0.29, 0.717) is 11.8 Å². The van der Waals surface area contributed by atoms with Crippen LogP contribution in [0.3, 0.4) is 0 Å². The molecule has 1 nitrogen and oxygen atoms in total. The number of aliphatic hydroxyl groups is 1. The van der Waals surface area contributed by atoms with E-state index < -0.39 is 0 Å². The van der Waals surface area contributed by atoms with Crippen LogP contribution in [0.1, 0.15) is 51.7 Å². The number of rotatable bonds is 3. The van der Waals surface area contributed by atoms with Crippen LogP contribution < -0.4 is 0 Å². The highest BCUT2D eigenvalue weighted by molar-refractivity contribution is 5.18. The molecule has 1 aromatic carbocycles. The first-order chi connectivity index (χ1) is 8.59. The smallest absolute Gasteiger partial charge is 0.0818 e. The summed E-state index contributed by atoms with van der Waals surface area (Å²) in [6.45, 7) is 6.93. The Labute approximate surface area is 111 Å². The van der Waals surface area contributed by atoms with Crippen molar-refractivity contribution in [2.45, 2.75) is 46.1 Å². The van der Waals surface area contributed by atoms with Crippen molar-refractivity contribution in [3.8, 4) is 0 Å². The van der Waals surface area contributed by atoms with Crippen LogP contribution >= 0.6 is 0 Å². The topological polar surface area (TPSA) is 20.2 Å². The zero-order valence-corrected chi connectivity index (χ0v) is 11.8. The summed E-state index contributed by atoms with van der Waals surface area (Å²) in [5, 5.41) is 10.5. The van der Waals surface area contributed by atoms with Crippen LogP contribution in [-0.4, -0.2) is 5.11 Å². The molecule has 5 atom stereocenters. The second kappa shape index (κ2) is 5.88. The molecule has 1 aliphatic carbocycles. The Morgan fingerprint density at radius 2 is 1.72 bits per heavy atom. The van der Waals surface area contributed by atoms with Gasteiger partial charge in [-0.25, -0.2) is 0 Å². The highest BCUT2D eigenvalue weighted by atomic mass is 16.3. The lowest BCUT2D eigenvalue weighted by atomic mass is 9.70. The third kappa shape index (κ3) is 2.95. The quantitative estimate of drug-likeness (QED) is 0.836. The third-order valence-corrected chi connectivity index (χ3v) is 5.02. The Kier molecular flexibility index (Phi) is 4.45. The van der Waals surface area contributed by atoms with E-state index >= 15 is 0 Å². The van der Waals surface area contributed by atoms with E-state index in [-0.39, 0.29) is 6.10 Å². The van der Waals surface area contributed by atoms with Gasteiger partial charge in [0.25, 0.3) is 0 Å². The van der Waals surface area contributed by atoms with Gasteiger partial charge in [-0.3, -0.25) is 0 Å². The molecular formula is C17H26O. The number of benzene rings is 1. The number of hydrogen-bond donors (Lipinski definition) is 1. The molecule has 1 aromatic rings. The first-order valence-electron chi connectivity index (χ1n) is 7.32. The van der Waals surface area contributed by atoms with Crippen LogP contribution in [0.25, 0.3) is 0 Å². The van der Waals surface area contributed by atoms with Crippen LogP contribution in [-0.2, 0) is 0 Å². The second-order valence-electron chi connectivity index (χ2n) is 6.24. The molecule has 1 N–H and O–H groups in total. The summed E-state index contributed by atoms with van der Waals surface area (Å²) in [7, 11) is 0. The molecule has 5 unspecified atom stereocenters. The van der Waals surface area contributed by atoms with Crippen LogP contribution in [0.15, 0.2) is 30.3 Å². The van der Waals surface area contributed by atoms with E-state index in [4.69, 9.17) is 0 Å². The van der Waals surface area contributed by atoms with Gasteiger partial charge in [-0.15, -0.1) is 0 Å². The molecule has 0 aromatic heterocycles. The zero-order valence-electron chi connectivity index (χ0n) is 11.8. The van der Waals surface area contributed by atoms with Gasteiger partial charge in [-0.1, -0.05) is 57.5 Å². The summed E-state index contributed by atoms with van der Waals surface area (Å²) in [6, 6.07) is 10.1. The first kappa shape index (κ1) is 13.6. The van der Waals surface area contributed by atoms with Gasteiger partial charge in [0.2, 0.25) is 0 Å². The average Bonchev–Trinajstić information content (AvgIpc) is 2.41. The predicted molar refractivity (Wildman–Crippen MR) is 76.2 cm³/mol. The maximum absolute atomic E-state index is 10.5. The molecule has 18 heavy (non-hydrogen) atoms. The zero-order chi connectivity index (χ0) is 13.1. The number of aliphatic hydroxyl groups excluding tert-OH is 1. The lowest BCUT2D eigenvalue weighted by molar-refractivity contribution is 0.0498. The molecule has 0 amide bonds. The van der Waals surface area contributed by atoms with Gasteiger partial charge in [0.05, 0.1) is 6.10 Å². The summed E-state index contributed by atoms with van der Waals surface area (Å²) in [5.41, 5.74) is 1.07. The Bertz CT molecular complexity index is 359. The minimum absolute atomic E-state index is 0.309. The normalized spacial score (nSPS) is 31.9. The van der Waals surface area contributed by atoms with E-state index in [0.717, 1.165) is 17.4 Å². The second-order valence-corrected chi connectivity index (χ2v) is 6.24. The maximum atomic E-state index is 10.5. The average molecular weight is 246 g/mol. The molecule has 0 aliphatic heterocycles.